The lowest BCUT2D eigenvalue weighted by molar-refractivity contribution is 0.232. The maximum atomic E-state index is 4.11. The van der Waals surface area contributed by atoms with E-state index in [4.69, 9.17) is 0 Å². The van der Waals surface area contributed by atoms with Crippen molar-refractivity contribution in [1.82, 2.24) is 14.5 Å². The van der Waals surface area contributed by atoms with Gasteiger partial charge >= 0.3 is 0 Å². The molecule has 0 amide bonds. The number of rotatable bonds is 1. The Bertz CT molecular complexity index is 241. The molecule has 0 saturated heterocycles. The molecule has 0 aliphatic carbocycles. The first-order valence-electron chi connectivity index (χ1n) is 4.11. The molecule has 3 nitrogen and oxygen atoms in total. The van der Waals surface area contributed by atoms with Crippen LogP contribution in [0.5, 0.6) is 0 Å². The Labute approximate surface area is 66.6 Å². The number of fused-ring (bicyclic) bond motifs is 1. The highest BCUT2D eigenvalue weighted by atomic mass is 15.2. The van der Waals surface area contributed by atoms with Crippen molar-refractivity contribution in [3.05, 3.63) is 18.2 Å². The largest absolute Gasteiger partial charge is 0.332 e. The average molecular weight is 151 g/mol. The predicted molar refractivity (Wildman–Crippen MR) is 43.2 cm³/mol. The Hall–Kier alpha value is -0.830. The van der Waals surface area contributed by atoms with Gasteiger partial charge in [-0.1, -0.05) is 6.92 Å². The molecule has 0 unspecified atom stereocenters. The van der Waals surface area contributed by atoms with Crippen LogP contribution in [0.15, 0.2) is 12.5 Å². The summed E-state index contributed by atoms with van der Waals surface area (Å²) in [6, 6.07) is 0. The minimum absolute atomic E-state index is 1.07. The molecule has 2 heterocycles. The second kappa shape index (κ2) is 2.66. The van der Waals surface area contributed by atoms with Gasteiger partial charge in [0.25, 0.3) is 0 Å². The summed E-state index contributed by atoms with van der Waals surface area (Å²) in [6.07, 6.45) is 3.88. The summed E-state index contributed by atoms with van der Waals surface area (Å²) in [6.45, 7) is 6.68. The molecule has 2 rings (SSSR count). The summed E-state index contributed by atoms with van der Waals surface area (Å²) in [7, 11) is 0. The van der Waals surface area contributed by atoms with Gasteiger partial charge in [0, 0.05) is 25.8 Å². The molecular weight excluding hydrogens is 138 g/mol. The van der Waals surface area contributed by atoms with E-state index in [1.165, 1.54) is 12.2 Å². The van der Waals surface area contributed by atoms with Gasteiger partial charge in [-0.05, 0) is 6.54 Å². The van der Waals surface area contributed by atoms with Gasteiger partial charge < -0.3 is 4.57 Å². The van der Waals surface area contributed by atoms with E-state index in [9.17, 15) is 0 Å². The van der Waals surface area contributed by atoms with Crippen LogP contribution in [-0.2, 0) is 13.1 Å². The molecule has 0 radical (unpaired) electrons. The Kier molecular flexibility index (Phi) is 1.66. The molecule has 1 aliphatic rings. The van der Waals surface area contributed by atoms with Crippen LogP contribution in [-0.4, -0.2) is 27.5 Å². The predicted octanol–water partition coefficient (Wildman–Crippen LogP) is 0.719. The molecule has 1 aromatic rings. The van der Waals surface area contributed by atoms with Crippen molar-refractivity contribution < 1.29 is 0 Å². The fraction of sp³-hybridized carbons (Fsp3) is 0.625. The molecule has 11 heavy (non-hydrogen) atoms. The monoisotopic (exact) mass is 151 g/mol. The van der Waals surface area contributed by atoms with E-state index < -0.39 is 0 Å². The molecule has 1 aliphatic heterocycles. The van der Waals surface area contributed by atoms with E-state index in [0.29, 0.717) is 0 Å². The van der Waals surface area contributed by atoms with Crippen molar-refractivity contribution in [2.24, 2.45) is 0 Å². The fourth-order valence-corrected chi connectivity index (χ4v) is 1.51. The van der Waals surface area contributed by atoms with Crippen LogP contribution < -0.4 is 0 Å². The van der Waals surface area contributed by atoms with E-state index in [2.05, 4.69) is 21.4 Å². The molecule has 0 aromatic carbocycles. The normalized spacial score (nSPS) is 18.3. The summed E-state index contributed by atoms with van der Waals surface area (Å²) < 4.78 is 2.23. The van der Waals surface area contributed by atoms with Crippen molar-refractivity contribution in [1.29, 1.82) is 0 Å². The highest BCUT2D eigenvalue weighted by Crippen LogP contribution is 2.09. The number of aromatic nitrogens is 2. The Balaban J connectivity index is 2.18. The van der Waals surface area contributed by atoms with Crippen LogP contribution in [0.1, 0.15) is 12.6 Å². The summed E-state index contributed by atoms with van der Waals surface area (Å²) in [5.41, 5.74) is 1.35. The Morgan fingerprint density at radius 2 is 2.45 bits per heavy atom. The molecule has 1 aromatic heterocycles. The Morgan fingerprint density at radius 1 is 1.55 bits per heavy atom. The quantitative estimate of drug-likeness (QED) is 0.589. The molecule has 3 heteroatoms. The molecule has 0 spiro atoms. The Morgan fingerprint density at radius 3 is 3.27 bits per heavy atom. The zero-order valence-corrected chi connectivity index (χ0v) is 6.82. The second-order valence-electron chi connectivity index (χ2n) is 2.95. The maximum Gasteiger partial charge on any atom is 0.0949 e. The van der Waals surface area contributed by atoms with Crippen molar-refractivity contribution in [2.75, 3.05) is 13.1 Å². The smallest absolute Gasteiger partial charge is 0.0949 e. The third-order valence-corrected chi connectivity index (χ3v) is 2.29. The minimum atomic E-state index is 1.07. The topological polar surface area (TPSA) is 21.1 Å². The van der Waals surface area contributed by atoms with Gasteiger partial charge in [-0.3, -0.25) is 4.90 Å². The first-order valence-corrected chi connectivity index (χ1v) is 4.11. The van der Waals surface area contributed by atoms with Gasteiger partial charge in [-0.2, -0.15) is 0 Å². The van der Waals surface area contributed by atoms with Crippen LogP contribution in [0.3, 0.4) is 0 Å². The number of likely N-dealkylation sites (N-methyl/N-ethyl adjacent to an activating group) is 1. The van der Waals surface area contributed by atoms with Crippen LogP contribution in [0, 0.1) is 0 Å². The van der Waals surface area contributed by atoms with Gasteiger partial charge in [-0.25, -0.2) is 4.98 Å². The highest BCUT2D eigenvalue weighted by Gasteiger charge is 2.13. The third kappa shape index (κ3) is 1.16. The SMILES string of the molecule is CCN1CCn2cncc2C1. The molecule has 60 valence electrons. The van der Waals surface area contributed by atoms with Crippen LogP contribution in [0.25, 0.3) is 0 Å². The van der Waals surface area contributed by atoms with E-state index in [-0.39, 0.29) is 0 Å². The number of hydrogen-bond donors (Lipinski definition) is 0. The first kappa shape index (κ1) is 6.85. The average Bonchev–Trinajstić information content (AvgIpc) is 2.50. The van der Waals surface area contributed by atoms with Gasteiger partial charge in [0.1, 0.15) is 0 Å². The first-order chi connectivity index (χ1) is 5.40. The van der Waals surface area contributed by atoms with Crippen LogP contribution in [0.4, 0.5) is 0 Å². The lowest BCUT2D eigenvalue weighted by Gasteiger charge is -2.26. The lowest BCUT2D eigenvalue weighted by atomic mass is 10.3. The zero-order chi connectivity index (χ0) is 7.68. The third-order valence-electron chi connectivity index (χ3n) is 2.29. The molecule has 0 saturated carbocycles. The molecular formula is C8H13N3. The summed E-state index contributed by atoms with van der Waals surface area (Å²) in [5.74, 6) is 0. The van der Waals surface area contributed by atoms with Gasteiger partial charge in [0.15, 0.2) is 0 Å². The number of imidazole rings is 1. The van der Waals surface area contributed by atoms with Crippen molar-refractivity contribution in [3.8, 4) is 0 Å². The van der Waals surface area contributed by atoms with Crippen molar-refractivity contribution >= 4 is 0 Å². The highest BCUT2D eigenvalue weighted by molar-refractivity contribution is 5.00. The van der Waals surface area contributed by atoms with Gasteiger partial charge in [0.2, 0.25) is 0 Å². The zero-order valence-electron chi connectivity index (χ0n) is 6.82. The van der Waals surface area contributed by atoms with Crippen molar-refractivity contribution in [2.45, 2.75) is 20.0 Å². The van der Waals surface area contributed by atoms with Crippen molar-refractivity contribution in [3.63, 3.8) is 0 Å². The standard InChI is InChI=1S/C8H13N3/c1-2-10-3-4-11-7-9-5-8(11)6-10/h5,7H,2-4,6H2,1H3. The van der Waals surface area contributed by atoms with E-state index in [1.807, 2.05) is 12.5 Å². The number of nitrogens with zero attached hydrogens (tertiary/aromatic N) is 3. The molecule has 0 fully saturated rings. The fourth-order valence-electron chi connectivity index (χ4n) is 1.51. The molecule has 0 atom stereocenters. The molecule has 0 N–H and O–H groups in total. The maximum absolute atomic E-state index is 4.11. The van der Waals surface area contributed by atoms with Crippen LogP contribution >= 0.6 is 0 Å². The summed E-state index contributed by atoms with van der Waals surface area (Å²) >= 11 is 0. The van der Waals surface area contributed by atoms with E-state index in [0.717, 1.165) is 19.6 Å². The number of hydrogen-bond acceptors (Lipinski definition) is 2. The van der Waals surface area contributed by atoms with E-state index in [1.54, 1.807) is 0 Å². The second-order valence-corrected chi connectivity index (χ2v) is 2.95. The van der Waals surface area contributed by atoms with Gasteiger partial charge in [0.05, 0.1) is 12.0 Å². The van der Waals surface area contributed by atoms with Gasteiger partial charge in [-0.15, -0.1) is 0 Å². The van der Waals surface area contributed by atoms with Crippen LogP contribution in [0.2, 0.25) is 0 Å². The molecule has 0 bridgehead atoms. The lowest BCUT2D eigenvalue weighted by Crippen LogP contribution is -2.32. The van der Waals surface area contributed by atoms with E-state index >= 15 is 0 Å². The summed E-state index contributed by atoms with van der Waals surface area (Å²) in [5, 5.41) is 0. The minimum Gasteiger partial charge on any atom is -0.332 e. The summed E-state index contributed by atoms with van der Waals surface area (Å²) in [4.78, 5) is 6.54.